The molecule has 0 bridgehead atoms. The molecule has 0 radical (unpaired) electrons. The molecule has 6 nitrogen and oxygen atoms in total. The Morgan fingerprint density at radius 3 is 2.93 bits per heavy atom. The van der Waals surface area contributed by atoms with Crippen LogP contribution < -0.4 is 0 Å². The first-order valence-corrected chi connectivity index (χ1v) is 4.40. The monoisotopic (exact) mass is 207 g/mol. The van der Waals surface area contributed by atoms with Crippen LogP contribution in [0.15, 0.2) is 18.2 Å². The van der Waals surface area contributed by atoms with Gasteiger partial charge in [-0.05, 0) is 13.0 Å². The number of rotatable bonds is 2. The van der Waals surface area contributed by atoms with E-state index in [1.807, 2.05) is 0 Å². The molecule has 15 heavy (non-hydrogen) atoms. The fraction of sp³-hybridized carbons (Fsp3) is 0.222. The summed E-state index contributed by atoms with van der Waals surface area (Å²) in [5, 5.41) is 19.8. The van der Waals surface area contributed by atoms with Gasteiger partial charge in [-0.25, -0.2) is 4.98 Å². The van der Waals surface area contributed by atoms with Crippen molar-refractivity contribution in [2.24, 2.45) is 0 Å². The Kier molecular flexibility index (Phi) is 2.12. The fourth-order valence-corrected chi connectivity index (χ4v) is 1.33. The highest BCUT2D eigenvalue weighted by Crippen LogP contribution is 2.20. The Morgan fingerprint density at radius 2 is 2.33 bits per heavy atom. The van der Waals surface area contributed by atoms with Crippen molar-refractivity contribution in [3.63, 3.8) is 0 Å². The van der Waals surface area contributed by atoms with E-state index in [2.05, 4.69) is 9.97 Å². The van der Waals surface area contributed by atoms with E-state index in [0.717, 1.165) is 0 Å². The summed E-state index contributed by atoms with van der Waals surface area (Å²) in [7, 11) is 0. The number of aliphatic hydroxyl groups is 1. The minimum absolute atomic E-state index is 0.00305. The molecule has 0 fully saturated rings. The summed E-state index contributed by atoms with van der Waals surface area (Å²) in [5.41, 5.74) is 1.17. The molecule has 1 aromatic heterocycles. The third kappa shape index (κ3) is 1.66. The minimum atomic E-state index is -0.712. The Bertz CT molecular complexity index is 518. The number of aliphatic hydroxyl groups excluding tert-OH is 1. The first kappa shape index (κ1) is 9.60. The maximum atomic E-state index is 10.5. The summed E-state index contributed by atoms with van der Waals surface area (Å²) < 4.78 is 0. The number of aromatic amines is 1. The van der Waals surface area contributed by atoms with Crippen molar-refractivity contribution < 1.29 is 10.0 Å². The molecule has 2 aromatic rings. The summed E-state index contributed by atoms with van der Waals surface area (Å²) in [4.78, 5) is 16.9. The van der Waals surface area contributed by atoms with E-state index in [1.54, 1.807) is 13.0 Å². The second kappa shape index (κ2) is 3.32. The van der Waals surface area contributed by atoms with Gasteiger partial charge in [0.1, 0.15) is 11.9 Å². The van der Waals surface area contributed by atoms with E-state index in [-0.39, 0.29) is 5.69 Å². The summed E-state index contributed by atoms with van der Waals surface area (Å²) in [6, 6.07) is 4.33. The summed E-state index contributed by atoms with van der Waals surface area (Å²) in [6.45, 7) is 1.58. The van der Waals surface area contributed by atoms with Crippen LogP contribution in [-0.2, 0) is 0 Å². The lowest BCUT2D eigenvalue weighted by Gasteiger charge is -1.95. The van der Waals surface area contributed by atoms with Crippen LogP contribution in [0, 0.1) is 10.1 Å². The van der Waals surface area contributed by atoms with Gasteiger partial charge in [0, 0.05) is 12.1 Å². The fourth-order valence-electron chi connectivity index (χ4n) is 1.33. The zero-order chi connectivity index (χ0) is 11.0. The molecule has 0 aliphatic heterocycles. The summed E-state index contributed by atoms with van der Waals surface area (Å²) in [5.74, 6) is 0.408. The van der Waals surface area contributed by atoms with Crippen molar-refractivity contribution in [1.29, 1.82) is 0 Å². The van der Waals surface area contributed by atoms with Crippen molar-refractivity contribution in [1.82, 2.24) is 9.97 Å². The van der Waals surface area contributed by atoms with Crippen LogP contribution in [0.25, 0.3) is 11.0 Å². The number of fused-ring (bicyclic) bond motifs is 1. The number of H-pyrrole nitrogens is 1. The van der Waals surface area contributed by atoms with Crippen LogP contribution in [0.1, 0.15) is 18.9 Å². The van der Waals surface area contributed by atoms with Gasteiger partial charge >= 0.3 is 0 Å². The number of nitrogens with zero attached hydrogens (tertiary/aromatic N) is 2. The summed E-state index contributed by atoms with van der Waals surface area (Å²) in [6.07, 6.45) is -0.712. The largest absolute Gasteiger partial charge is 0.385 e. The standard InChI is InChI=1S/C9H9N3O3/c1-5(13)9-10-7-3-2-6(12(14)15)4-8(7)11-9/h2-5,13H,1H3,(H,10,11)/t5-/m1/s1. The van der Waals surface area contributed by atoms with Gasteiger partial charge in [0.25, 0.3) is 5.69 Å². The molecule has 0 amide bonds. The molecular formula is C9H9N3O3. The topological polar surface area (TPSA) is 92.1 Å². The van der Waals surface area contributed by atoms with Gasteiger partial charge in [0.15, 0.2) is 0 Å². The first-order valence-electron chi connectivity index (χ1n) is 4.40. The van der Waals surface area contributed by atoms with Crippen LogP contribution in [0.3, 0.4) is 0 Å². The number of hydrogen-bond acceptors (Lipinski definition) is 4. The van der Waals surface area contributed by atoms with Crippen LogP contribution >= 0.6 is 0 Å². The molecule has 0 unspecified atom stereocenters. The van der Waals surface area contributed by atoms with Gasteiger partial charge < -0.3 is 10.1 Å². The van der Waals surface area contributed by atoms with Gasteiger partial charge in [-0.3, -0.25) is 10.1 Å². The van der Waals surface area contributed by atoms with E-state index in [0.29, 0.717) is 16.9 Å². The number of nitro benzene ring substituents is 1. The molecular weight excluding hydrogens is 198 g/mol. The number of nitrogens with one attached hydrogen (secondary N) is 1. The second-order valence-electron chi connectivity index (χ2n) is 3.26. The van der Waals surface area contributed by atoms with Crippen molar-refractivity contribution in [3.05, 3.63) is 34.1 Å². The molecule has 1 heterocycles. The molecule has 0 spiro atoms. The lowest BCUT2D eigenvalue weighted by molar-refractivity contribution is -0.384. The SMILES string of the molecule is C[C@@H](O)c1nc2ccc([N+](=O)[O-])cc2[nH]1. The number of nitro groups is 1. The highest BCUT2D eigenvalue weighted by molar-refractivity contribution is 5.77. The molecule has 0 aliphatic carbocycles. The first-order chi connectivity index (χ1) is 7.08. The van der Waals surface area contributed by atoms with E-state index < -0.39 is 11.0 Å². The third-order valence-electron chi connectivity index (χ3n) is 2.09. The van der Waals surface area contributed by atoms with E-state index in [1.165, 1.54) is 12.1 Å². The van der Waals surface area contributed by atoms with Crippen molar-refractivity contribution in [3.8, 4) is 0 Å². The van der Waals surface area contributed by atoms with E-state index in [4.69, 9.17) is 0 Å². The van der Waals surface area contributed by atoms with Crippen LogP contribution in [0.2, 0.25) is 0 Å². The van der Waals surface area contributed by atoms with Crippen molar-refractivity contribution in [2.75, 3.05) is 0 Å². The van der Waals surface area contributed by atoms with Crippen LogP contribution in [0.4, 0.5) is 5.69 Å². The normalized spacial score (nSPS) is 12.9. The highest BCUT2D eigenvalue weighted by Gasteiger charge is 2.11. The molecule has 0 saturated carbocycles. The number of hydrogen-bond donors (Lipinski definition) is 2. The van der Waals surface area contributed by atoms with E-state index in [9.17, 15) is 15.2 Å². The average molecular weight is 207 g/mol. The highest BCUT2D eigenvalue weighted by atomic mass is 16.6. The van der Waals surface area contributed by atoms with Gasteiger partial charge in [0.05, 0.1) is 16.0 Å². The zero-order valence-corrected chi connectivity index (χ0v) is 7.97. The minimum Gasteiger partial charge on any atom is -0.385 e. The van der Waals surface area contributed by atoms with Gasteiger partial charge in [-0.15, -0.1) is 0 Å². The maximum Gasteiger partial charge on any atom is 0.271 e. The van der Waals surface area contributed by atoms with Crippen molar-refractivity contribution >= 4 is 16.7 Å². The molecule has 2 N–H and O–H groups in total. The smallest absolute Gasteiger partial charge is 0.271 e. The number of imidazole rings is 1. The molecule has 6 heteroatoms. The predicted octanol–water partition coefficient (Wildman–Crippen LogP) is 1.52. The number of non-ortho nitro benzene ring substituents is 1. The number of benzene rings is 1. The molecule has 1 aromatic carbocycles. The lowest BCUT2D eigenvalue weighted by atomic mass is 10.3. The summed E-state index contributed by atoms with van der Waals surface area (Å²) >= 11 is 0. The van der Waals surface area contributed by atoms with Gasteiger partial charge in [-0.2, -0.15) is 0 Å². The zero-order valence-electron chi connectivity index (χ0n) is 7.97. The van der Waals surface area contributed by atoms with Crippen LogP contribution in [-0.4, -0.2) is 20.0 Å². The Morgan fingerprint density at radius 1 is 1.60 bits per heavy atom. The Hall–Kier alpha value is -1.95. The third-order valence-corrected chi connectivity index (χ3v) is 2.09. The Labute approximate surface area is 84.7 Å². The molecule has 0 aliphatic rings. The van der Waals surface area contributed by atoms with Gasteiger partial charge in [0.2, 0.25) is 0 Å². The maximum absolute atomic E-state index is 10.5. The van der Waals surface area contributed by atoms with Crippen molar-refractivity contribution in [2.45, 2.75) is 13.0 Å². The Balaban J connectivity index is 2.57. The van der Waals surface area contributed by atoms with E-state index >= 15 is 0 Å². The predicted molar refractivity (Wildman–Crippen MR) is 53.4 cm³/mol. The molecule has 78 valence electrons. The average Bonchev–Trinajstić information content (AvgIpc) is 2.59. The van der Waals surface area contributed by atoms with Gasteiger partial charge in [-0.1, -0.05) is 0 Å². The van der Waals surface area contributed by atoms with Crippen LogP contribution in [0.5, 0.6) is 0 Å². The second-order valence-corrected chi connectivity index (χ2v) is 3.26. The molecule has 1 atom stereocenters. The molecule has 0 saturated heterocycles. The molecule has 2 rings (SSSR count). The quantitative estimate of drug-likeness (QED) is 0.576. The lowest BCUT2D eigenvalue weighted by Crippen LogP contribution is -1.92. The number of aromatic nitrogens is 2.